The van der Waals surface area contributed by atoms with Gasteiger partial charge in [0.1, 0.15) is 12.4 Å². The molecule has 31 heavy (non-hydrogen) atoms. The van der Waals surface area contributed by atoms with Crippen LogP contribution in [0.1, 0.15) is 47.3 Å². The Morgan fingerprint density at radius 3 is 2.71 bits per heavy atom. The van der Waals surface area contributed by atoms with Gasteiger partial charge in [-0.1, -0.05) is 24.3 Å². The first-order chi connectivity index (χ1) is 15.0. The molecule has 0 radical (unpaired) electrons. The topological polar surface area (TPSA) is 77.8 Å². The van der Waals surface area contributed by atoms with Crippen molar-refractivity contribution in [3.63, 3.8) is 0 Å². The summed E-state index contributed by atoms with van der Waals surface area (Å²) in [4.78, 5) is 29.1. The fraction of sp³-hybridized carbons (Fsp3) is 0.500. The Balaban J connectivity index is 1.13. The molecule has 1 saturated heterocycles. The second-order valence-corrected chi connectivity index (χ2v) is 9.27. The molecule has 5 rings (SSSR count). The summed E-state index contributed by atoms with van der Waals surface area (Å²) < 4.78 is 1.72. The van der Waals surface area contributed by atoms with Gasteiger partial charge in [-0.2, -0.15) is 0 Å². The Labute approximate surface area is 182 Å². The predicted molar refractivity (Wildman–Crippen MR) is 117 cm³/mol. The highest BCUT2D eigenvalue weighted by Gasteiger charge is 2.38. The summed E-state index contributed by atoms with van der Waals surface area (Å²) in [6.07, 6.45) is 6.48. The molecule has 2 aromatic rings. The maximum absolute atomic E-state index is 12.9. The Morgan fingerprint density at radius 1 is 1.13 bits per heavy atom. The van der Waals surface area contributed by atoms with Crippen molar-refractivity contribution >= 4 is 11.8 Å². The highest BCUT2D eigenvalue weighted by atomic mass is 16.3. The minimum Gasteiger partial charge on any atom is -0.388 e. The fourth-order valence-electron chi connectivity index (χ4n) is 5.23. The van der Waals surface area contributed by atoms with Crippen LogP contribution in [0.5, 0.6) is 0 Å². The van der Waals surface area contributed by atoms with Crippen molar-refractivity contribution in [1.29, 1.82) is 0 Å². The summed E-state index contributed by atoms with van der Waals surface area (Å²) in [5, 5.41) is 11.1. The van der Waals surface area contributed by atoms with Gasteiger partial charge < -0.3 is 20.3 Å². The molecule has 0 saturated carbocycles. The number of hydrogen-bond donors (Lipinski definition) is 2. The Kier molecular flexibility index (Phi) is 5.22. The zero-order valence-electron chi connectivity index (χ0n) is 17.8. The lowest BCUT2D eigenvalue weighted by Crippen LogP contribution is -2.56. The summed E-state index contributed by atoms with van der Waals surface area (Å²) in [6.45, 7) is 1.75. The number of aromatic nitrogens is 1. The van der Waals surface area contributed by atoms with Crippen molar-refractivity contribution in [3.8, 4) is 0 Å². The standard InChI is InChI=1S/C24H30N4O3/c29-22(15-18-7-8-19-4-1-2-5-20(19)14-18)26-12-9-24(31,10-13-26)16-27-17-25-28-11-3-6-21(28)23(27)30/h1-6,11,18,25,31H,7-10,12-17H2. The number of aryl methyl sites for hydroxylation is 1. The molecule has 1 fully saturated rings. The van der Waals surface area contributed by atoms with E-state index in [1.807, 2.05) is 17.2 Å². The van der Waals surface area contributed by atoms with E-state index < -0.39 is 5.60 Å². The van der Waals surface area contributed by atoms with Crippen LogP contribution >= 0.6 is 0 Å². The van der Waals surface area contributed by atoms with Crippen molar-refractivity contribution in [1.82, 2.24) is 14.5 Å². The SMILES string of the molecule is O=C(CC1CCc2ccccc2C1)N1CCC(O)(CN2CNn3cccc3C2=O)CC1. The number of nitrogens with one attached hydrogen (secondary N) is 1. The summed E-state index contributed by atoms with van der Waals surface area (Å²) >= 11 is 0. The number of rotatable bonds is 4. The quantitative estimate of drug-likeness (QED) is 0.790. The summed E-state index contributed by atoms with van der Waals surface area (Å²) in [5.74, 6) is 0.518. The highest BCUT2D eigenvalue weighted by Crippen LogP contribution is 2.30. The molecule has 3 aliphatic rings. The maximum atomic E-state index is 12.9. The van der Waals surface area contributed by atoms with E-state index in [9.17, 15) is 14.7 Å². The summed E-state index contributed by atoms with van der Waals surface area (Å²) in [7, 11) is 0. The zero-order valence-corrected chi connectivity index (χ0v) is 17.8. The number of carbonyl (C=O) groups is 2. The molecule has 1 atom stereocenters. The molecule has 7 nitrogen and oxygen atoms in total. The molecule has 3 heterocycles. The van der Waals surface area contributed by atoms with Crippen LogP contribution in [0.3, 0.4) is 0 Å². The van der Waals surface area contributed by atoms with Crippen molar-refractivity contribution in [3.05, 3.63) is 59.4 Å². The van der Waals surface area contributed by atoms with Crippen LogP contribution in [-0.4, -0.2) is 63.3 Å². The monoisotopic (exact) mass is 422 g/mol. The third kappa shape index (κ3) is 4.06. The number of nitrogens with zero attached hydrogens (tertiary/aromatic N) is 3. The second-order valence-electron chi connectivity index (χ2n) is 9.27. The summed E-state index contributed by atoms with van der Waals surface area (Å²) in [5.41, 5.74) is 5.58. The zero-order chi connectivity index (χ0) is 21.4. The first-order valence-electron chi connectivity index (χ1n) is 11.3. The van der Waals surface area contributed by atoms with E-state index in [0.29, 0.717) is 50.6 Å². The molecular formula is C24H30N4O3. The van der Waals surface area contributed by atoms with Gasteiger partial charge in [0.2, 0.25) is 5.91 Å². The van der Waals surface area contributed by atoms with Gasteiger partial charge >= 0.3 is 0 Å². The van der Waals surface area contributed by atoms with Gasteiger partial charge in [-0.3, -0.25) is 14.3 Å². The lowest BCUT2D eigenvalue weighted by molar-refractivity contribution is -0.137. The average molecular weight is 423 g/mol. The van der Waals surface area contributed by atoms with E-state index >= 15 is 0 Å². The summed E-state index contributed by atoms with van der Waals surface area (Å²) in [6, 6.07) is 12.1. The molecule has 1 unspecified atom stereocenters. The van der Waals surface area contributed by atoms with Crippen LogP contribution in [0.25, 0.3) is 0 Å². The third-order valence-electron chi connectivity index (χ3n) is 7.13. The number of aliphatic hydroxyl groups is 1. The van der Waals surface area contributed by atoms with E-state index in [1.165, 1.54) is 11.1 Å². The Bertz CT molecular complexity index is 977. The van der Waals surface area contributed by atoms with E-state index in [1.54, 1.807) is 15.6 Å². The van der Waals surface area contributed by atoms with Crippen molar-refractivity contribution < 1.29 is 14.7 Å². The van der Waals surface area contributed by atoms with Crippen LogP contribution in [-0.2, 0) is 17.6 Å². The van der Waals surface area contributed by atoms with Crippen LogP contribution in [0.2, 0.25) is 0 Å². The van der Waals surface area contributed by atoms with Crippen LogP contribution in [0, 0.1) is 5.92 Å². The molecule has 2 N–H and O–H groups in total. The van der Waals surface area contributed by atoms with E-state index in [0.717, 1.165) is 19.3 Å². The van der Waals surface area contributed by atoms with Gasteiger partial charge in [-0.15, -0.1) is 0 Å². The number of fused-ring (bicyclic) bond motifs is 2. The average Bonchev–Trinajstić information content (AvgIpc) is 3.26. The third-order valence-corrected chi connectivity index (χ3v) is 7.13. The van der Waals surface area contributed by atoms with Crippen molar-refractivity contribution in [2.45, 2.75) is 44.1 Å². The molecule has 7 heteroatoms. The van der Waals surface area contributed by atoms with E-state index in [4.69, 9.17) is 0 Å². The van der Waals surface area contributed by atoms with Crippen LogP contribution < -0.4 is 5.43 Å². The Morgan fingerprint density at radius 2 is 1.90 bits per heavy atom. The first-order valence-corrected chi connectivity index (χ1v) is 11.3. The van der Waals surface area contributed by atoms with Gasteiger partial charge in [0, 0.05) is 25.7 Å². The largest absolute Gasteiger partial charge is 0.388 e. The van der Waals surface area contributed by atoms with Crippen LogP contribution in [0.15, 0.2) is 42.6 Å². The smallest absolute Gasteiger partial charge is 0.273 e. The lowest BCUT2D eigenvalue weighted by atomic mass is 9.82. The number of piperidine rings is 1. The molecule has 2 aliphatic heterocycles. The minimum atomic E-state index is -0.952. The molecule has 1 aliphatic carbocycles. The van der Waals surface area contributed by atoms with Gasteiger partial charge in [0.25, 0.3) is 5.91 Å². The molecule has 1 aromatic carbocycles. The minimum absolute atomic E-state index is 0.0757. The molecular weight excluding hydrogens is 392 g/mol. The van der Waals surface area contributed by atoms with Gasteiger partial charge in [0.05, 0.1) is 12.1 Å². The number of hydrogen-bond acceptors (Lipinski definition) is 4. The predicted octanol–water partition coefficient (Wildman–Crippen LogP) is 1.99. The number of amides is 2. The fourth-order valence-corrected chi connectivity index (χ4v) is 5.23. The first kappa shape index (κ1) is 20.1. The molecule has 2 amide bonds. The molecule has 0 bridgehead atoms. The number of carbonyl (C=O) groups excluding carboxylic acids is 2. The van der Waals surface area contributed by atoms with Crippen LogP contribution in [0.4, 0.5) is 0 Å². The van der Waals surface area contributed by atoms with E-state index in [2.05, 4.69) is 29.7 Å². The normalized spacial score (nSPS) is 22.5. The lowest BCUT2D eigenvalue weighted by Gasteiger charge is -2.42. The van der Waals surface area contributed by atoms with Gasteiger partial charge in [0.15, 0.2) is 0 Å². The van der Waals surface area contributed by atoms with Crippen molar-refractivity contribution in [2.24, 2.45) is 5.92 Å². The maximum Gasteiger partial charge on any atom is 0.273 e. The van der Waals surface area contributed by atoms with E-state index in [-0.39, 0.29) is 18.4 Å². The number of likely N-dealkylation sites (tertiary alicyclic amines) is 1. The number of benzene rings is 1. The molecule has 1 aromatic heterocycles. The molecule has 164 valence electrons. The second kappa shape index (κ2) is 8.04. The van der Waals surface area contributed by atoms with Crippen molar-refractivity contribution in [2.75, 3.05) is 31.7 Å². The highest BCUT2D eigenvalue weighted by molar-refractivity contribution is 5.93. The van der Waals surface area contributed by atoms with Gasteiger partial charge in [-0.05, 0) is 61.3 Å². The molecule has 0 spiro atoms. The van der Waals surface area contributed by atoms with Gasteiger partial charge in [-0.25, -0.2) is 0 Å². The number of β-amino-alcohol motifs (C(OH)–C–C–N with tert-alkyl or cyclic N) is 1. The Hall–Kier alpha value is -2.80.